The lowest BCUT2D eigenvalue weighted by molar-refractivity contribution is 0.297. The van der Waals surface area contributed by atoms with Gasteiger partial charge in [-0.3, -0.25) is 0 Å². The molecule has 0 heterocycles. The van der Waals surface area contributed by atoms with Crippen molar-refractivity contribution in [2.45, 2.75) is 33.1 Å². The highest BCUT2D eigenvalue weighted by molar-refractivity contribution is 6.31. The molecule has 15 heavy (non-hydrogen) atoms. The molecular formula is C13H17ClO. The zero-order chi connectivity index (χ0) is 10.8. The third-order valence-electron chi connectivity index (χ3n) is 2.90. The van der Waals surface area contributed by atoms with Gasteiger partial charge in [0.05, 0.1) is 6.61 Å². The standard InChI is InChI=1S/C13H17ClO/c1-3-11-7-13(9(2)6-12(11)14)15-8-10-4-5-10/h6-7,10H,3-5,8H2,1-2H3. The van der Waals surface area contributed by atoms with E-state index in [1.165, 1.54) is 18.4 Å². The van der Waals surface area contributed by atoms with Crippen LogP contribution in [0.1, 0.15) is 30.9 Å². The monoisotopic (exact) mass is 224 g/mol. The third-order valence-corrected chi connectivity index (χ3v) is 3.25. The number of hydrogen-bond acceptors (Lipinski definition) is 1. The maximum atomic E-state index is 6.12. The second-order valence-electron chi connectivity index (χ2n) is 4.32. The Kier molecular flexibility index (Phi) is 3.20. The number of hydrogen-bond donors (Lipinski definition) is 0. The van der Waals surface area contributed by atoms with Crippen molar-refractivity contribution in [3.63, 3.8) is 0 Å². The molecule has 0 unspecified atom stereocenters. The van der Waals surface area contributed by atoms with Crippen LogP contribution in [-0.4, -0.2) is 6.61 Å². The van der Waals surface area contributed by atoms with Crippen molar-refractivity contribution in [2.75, 3.05) is 6.61 Å². The molecule has 0 radical (unpaired) electrons. The summed E-state index contributed by atoms with van der Waals surface area (Å²) in [4.78, 5) is 0. The number of halogens is 1. The van der Waals surface area contributed by atoms with E-state index in [1.807, 2.05) is 13.0 Å². The first-order valence-electron chi connectivity index (χ1n) is 5.62. The maximum Gasteiger partial charge on any atom is 0.122 e. The summed E-state index contributed by atoms with van der Waals surface area (Å²) in [6, 6.07) is 4.09. The smallest absolute Gasteiger partial charge is 0.122 e. The third kappa shape index (κ3) is 2.66. The number of rotatable bonds is 4. The molecule has 0 bridgehead atoms. The van der Waals surface area contributed by atoms with Crippen LogP contribution in [0, 0.1) is 12.8 Å². The maximum absolute atomic E-state index is 6.12. The molecule has 0 saturated heterocycles. The van der Waals surface area contributed by atoms with Gasteiger partial charge in [-0.25, -0.2) is 0 Å². The van der Waals surface area contributed by atoms with Crippen molar-refractivity contribution in [3.05, 3.63) is 28.3 Å². The fourth-order valence-corrected chi connectivity index (χ4v) is 1.97. The molecule has 1 aromatic rings. The van der Waals surface area contributed by atoms with Crippen LogP contribution in [0.2, 0.25) is 5.02 Å². The first-order chi connectivity index (χ1) is 7.20. The van der Waals surface area contributed by atoms with E-state index < -0.39 is 0 Å². The topological polar surface area (TPSA) is 9.23 Å². The summed E-state index contributed by atoms with van der Waals surface area (Å²) in [5, 5.41) is 0.855. The lowest BCUT2D eigenvalue weighted by Gasteiger charge is -2.11. The molecule has 82 valence electrons. The molecule has 0 atom stereocenters. The first kappa shape index (κ1) is 10.8. The van der Waals surface area contributed by atoms with E-state index in [4.69, 9.17) is 16.3 Å². The van der Waals surface area contributed by atoms with Crippen molar-refractivity contribution in [3.8, 4) is 5.75 Å². The van der Waals surface area contributed by atoms with E-state index in [-0.39, 0.29) is 0 Å². The molecule has 1 aromatic carbocycles. The minimum atomic E-state index is 0.796. The second-order valence-corrected chi connectivity index (χ2v) is 4.72. The van der Waals surface area contributed by atoms with Gasteiger partial charge in [0.1, 0.15) is 5.75 Å². The molecule has 1 nitrogen and oxygen atoms in total. The first-order valence-corrected chi connectivity index (χ1v) is 6.00. The summed E-state index contributed by atoms with van der Waals surface area (Å²) in [7, 11) is 0. The predicted molar refractivity (Wildman–Crippen MR) is 63.8 cm³/mol. The lowest BCUT2D eigenvalue weighted by atomic mass is 10.1. The zero-order valence-electron chi connectivity index (χ0n) is 9.35. The predicted octanol–water partition coefficient (Wildman–Crippen LogP) is 4.00. The van der Waals surface area contributed by atoms with E-state index in [9.17, 15) is 0 Å². The highest BCUT2D eigenvalue weighted by Gasteiger charge is 2.22. The molecule has 0 amide bonds. The van der Waals surface area contributed by atoms with Crippen molar-refractivity contribution in [1.29, 1.82) is 0 Å². The Morgan fingerprint density at radius 3 is 2.73 bits per heavy atom. The number of ether oxygens (including phenoxy) is 1. The van der Waals surface area contributed by atoms with Gasteiger partial charge in [0.15, 0.2) is 0 Å². The van der Waals surface area contributed by atoms with Crippen LogP contribution in [0.5, 0.6) is 5.75 Å². The van der Waals surface area contributed by atoms with Crippen LogP contribution in [0.3, 0.4) is 0 Å². The van der Waals surface area contributed by atoms with Gasteiger partial charge in [-0.05, 0) is 55.4 Å². The van der Waals surface area contributed by atoms with Crippen LogP contribution in [0.4, 0.5) is 0 Å². The van der Waals surface area contributed by atoms with Gasteiger partial charge in [-0.1, -0.05) is 18.5 Å². The molecular weight excluding hydrogens is 208 g/mol. The quantitative estimate of drug-likeness (QED) is 0.751. The van der Waals surface area contributed by atoms with E-state index in [0.29, 0.717) is 0 Å². The van der Waals surface area contributed by atoms with Gasteiger partial charge >= 0.3 is 0 Å². The lowest BCUT2D eigenvalue weighted by Crippen LogP contribution is -2.01. The molecule has 2 heteroatoms. The van der Waals surface area contributed by atoms with Gasteiger partial charge in [-0.15, -0.1) is 0 Å². The molecule has 1 aliphatic rings. The Hall–Kier alpha value is -0.690. The van der Waals surface area contributed by atoms with Gasteiger partial charge in [0, 0.05) is 5.02 Å². The molecule has 0 aromatic heterocycles. The zero-order valence-corrected chi connectivity index (χ0v) is 10.1. The molecule has 0 aliphatic heterocycles. The Labute approximate surface area is 96.4 Å². The number of aryl methyl sites for hydroxylation is 2. The highest BCUT2D eigenvalue weighted by Crippen LogP contribution is 2.32. The Balaban J connectivity index is 2.13. The van der Waals surface area contributed by atoms with Crippen molar-refractivity contribution in [1.82, 2.24) is 0 Å². The van der Waals surface area contributed by atoms with Crippen molar-refractivity contribution < 1.29 is 4.74 Å². The van der Waals surface area contributed by atoms with Gasteiger partial charge < -0.3 is 4.74 Å². The minimum absolute atomic E-state index is 0.796. The average molecular weight is 225 g/mol. The minimum Gasteiger partial charge on any atom is -0.493 e. The Bertz CT molecular complexity index is 356. The summed E-state index contributed by atoms with van der Waals surface area (Å²) >= 11 is 6.12. The van der Waals surface area contributed by atoms with Crippen LogP contribution in [0.25, 0.3) is 0 Å². The fourth-order valence-electron chi connectivity index (χ4n) is 1.61. The van der Waals surface area contributed by atoms with Gasteiger partial charge in [0.25, 0.3) is 0 Å². The van der Waals surface area contributed by atoms with Crippen molar-refractivity contribution >= 4 is 11.6 Å². The van der Waals surface area contributed by atoms with Gasteiger partial charge in [0.2, 0.25) is 0 Å². The molecule has 0 N–H and O–H groups in total. The normalized spacial score (nSPS) is 15.4. The van der Waals surface area contributed by atoms with E-state index >= 15 is 0 Å². The molecule has 1 saturated carbocycles. The Morgan fingerprint density at radius 1 is 1.40 bits per heavy atom. The fraction of sp³-hybridized carbons (Fsp3) is 0.538. The van der Waals surface area contributed by atoms with Crippen LogP contribution in [0.15, 0.2) is 12.1 Å². The SMILES string of the molecule is CCc1cc(OCC2CC2)c(C)cc1Cl. The molecule has 1 fully saturated rings. The van der Waals surface area contributed by atoms with Crippen LogP contribution in [-0.2, 0) is 6.42 Å². The summed E-state index contributed by atoms with van der Waals surface area (Å²) in [6.45, 7) is 5.03. The van der Waals surface area contributed by atoms with E-state index in [0.717, 1.165) is 35.3 Å². The number of benzene rings is 1. The van der Waals surface area contributed by atoms with E-state index in [1.54, 1.807) is 0 Å². The van der Waals surface area contributed by atoms with Crippen LogP contribution < -0.4 is 4.74 Å². The van der Waals surface area contributed by atoms with Crippen molar-refractivity contribution in [2.24, 2.45) is 5.92 Å². The average Bonchev–Trinajstić information content (AvgIpc) is 3.00. The molecule has 2 rings (SSSR count). The largest absolute Gasteiger partial charge is 0.493 e. The summed E-state index contributed by atoms with van der Waals surface area (Å²) < 4.78 is 5.80. The van der Waals surface area contributed by atoms with E-state index in [2.05, 4.69) is 13.0 Å². The van der Waals surface area contributed by atoms with Gasteiger partial charge in [-0.2, -0.15) is 0 Å². The summed E-state index contributed by atoms with van der Waals surface area (Å²) in [6.07, 6.45) is 3.61. The summed E-state index contributed by atoms with van der Waals surface area (Å²) in [5.41, 5.74) is 2.31. The Morgan fingerprint density at radius 2 is 2.13 bits per heavy atom. The second kappa shape index (κ2) is 4.44. The summed E-state index contributed by atoms with van der Waals surface area (Å²) in [5.74, 6) is 1.80. The van der Waals surface area contributed by atoms with Crippen LogP contribution >= 0.6 is 11.6 Å². The molecule has 1 aliphatic carbocycles. The highest BCUT2D eigenvalue weighted by atomic mass is 35.5. The molecule has 0 spiro atoms.